The second-order valence-corrected chi connectivity index (χ2v) is 6.21. The van der Waals surface area contributed by atoms with E-state index in [9.17, 15) is 5.26 Å². The zero-order chi connectivity index (χ0) is 14.4. The van der Waals surface area contributed by atoms with Crippen molar-refractivity contribution in [1.29, 1.82) is 5.26 Å². The molecule has 0 N–H and O–H groups in total. The standard InChI is InChI=1S/C16H23BrN2/c1-5-15(6-2)19(11-12(3)4)16-8-7-14(17)9-13(16)10-18/h7-9,12,15H,5-6,11H2,1-4H3. The third-order valence-corrected chi connectivity index (χ3v) is 3.83. The first kappa shape index (κ1) is 16.0. The van der Waals surface area contributed by atoms with Gasteiger partial charge in [0.25, 0.3) is 0 Å². The fourth-order valence-electron chi connectivity index (χ4n) is 2.42. The molecule has 0 bridgehead atoms. The average Bonchev–Trinajstić information content (AvgIpc) is 2.38. The molecule has 0 aliphatic heterocycles. The lowest BCUT2D eigenvalue weighted by molar-refractivity contribution is 0.507. The minimum Gasteiger partial charge on any atom is -0.367 e. The van der Waals surface area contributed by atoms with E-state index in [1.54, 1.807) is 0 Å². The fourth-order valence-corrected chi connectivity index (χ4v) is 2.78. The fraction of sp³-hybridized carbons (Fsp3) is 0.562. The lowest BCUT2D eigenvalue weighted by atomic mass is 10.0. The minimum absolute atomic E-state index is 0.496. The molecule has 0 atom stereocenters. The minimum atomic E-state index is 0.496. The molecule has 0 spiro atoms. The van der Waals surface area contributed by atoms with E-state index in [0.29, 0.717) is 12.0 Å². The Hall–Kier alpha value is -1.01. The van der Waals surface area contributed by atoms with Crippen LogP contribution in [0.3, 0.4) is 0 Å². The SMILES string of the molecule is CCC(CC)N(CC(C)C)c1ccc(Br)cc1C#N. The van der Waals surface area contributed by atoms with Crippen molar-refractivity contribution in [3.8, 4) is 6.07 Å². The Morgan fingerprint density at radius 3 is 2.37 bits per heavy atom. The maximum atomic E-state index is 9.36. The van der Waals surface area contributed by atoms with Crippen LogP contribution in [-0.4, -0.2) is 12.6 Å². The average molecular weight is 323 g/mol. The summed E-state index contributed by atoms with van der Waals surface area (Å²) in [5.41, 5.74) is 1.81. The van der Waals surface area contributed by atoms with Crippen LogP contribution in [0.4, 0.5) is 5.69 Å². The van der Waals surface area contributed by atoms with Crippen LogP contribution < -0.4 is 4.90 Å². The number of anilines is 1. The van der Waals surface area contributed by atoms with Gasteiger partial charge >= 0.3 is 0 Å². The molecule has 3 heteroatoms. The summed E-state index contributed by atoms with van der Waals surface area (Å²) in [4.78, 5) is 2.40. The number of hydrogen-bond donors (Lipinski definition) is 0. The molecule has 1 rings (SSSR count). The van der Waals surface area contributed by atoms with E-state index >= 15 is 0 Å². The molecule has 0 radical (unpaired) electrons. The molecule has 0 unspecified atom stereocenters. The number of nitriles is 1. The highest BCUT2D eigenvalue weighted by molar-refractivity contribution is 9.10. The van der Waals surface area contributed by atoms with Crippen molar-refractivity contribution < 1.29 is 0 Å². The van der Waals surface area contributed by atoms with Gasteiger partial charge in [-0.05, 0) is 37.0 Å². The van der Waals surface area contributed by atoms with Crippen molar-refractivity contribution >= 4 is 21.6 Å². The van der Waals surface area contributed by atoms with Gasteiger partial charge in [0.1, 0.15) is 6.07 Å². The van der Waals surface area contributed by atoms with Crippen LogP contribution in [-0.2, 0) is 0 Å². The zero-order valence-corrected chi connectivity index (χ0v) is 13.9. The van der Waals surface area contributed by atoms with Crippen LogP contribution in [0.2, 0.25) is 0 Å². The molecule has 104 valence electrons. The summed E-state index contributed by atoms with van der Waals surface area (Å²) in [5.74, 6) is 0.579. The molecule has 0 aliphatic rings. The maximum Gasteiger partial charge on any atom is 0.101 e. The summed E-state index contributed by atoms with van der Waals surface area (Å²) in [7, 11) is 0. The molecular formula is C16H23BrN2. The molecular weight excluding hydrogens is 300 g/mol. The molecule has 0 aromatic heterocycles. The van der Waals surface area contributed by atoms with Crippen LogP contribution in [0.5, 0.6) is 0 Å². The summed E-state index contributed by atoms with van der Waals surface area (Å²) < 4.78 is 0.960. The van der Waals surface area contributed by atoms with Gasteiger partial charge in [-0.25, -0.2) is 0 Å². The first-order chi connectivity index (χ1) is 9.03. The number of nitrogens with zero attached hydrogens (tertiary/aromatic N) is 2. The number of benzene rings is 1. The predicted octanol–water partition coefficient (Wildman–Crippen LogP) is 4.97. The van der Waals surface area contributed by atoms with E-state index in [1.165, 1.54) is 0 Å². The van der Waals surface area contributed by atoms with Crippen molar-refractivity contribution in [3.05, 3.63) is 28.2 Å². The Balaban J connectivity index is 3.20. The number of rotatable bonds is 6. The van der Waals surface area contributed by atoms with Crippen LogP contribution >= 0.6 is 15.9 Å². The third kappa shape index (κ3) is 4.24. The molecule has 2 nitrogen and oxygen atoms in total. The highest BCUT2D eigenvalue weighted by Crippen LogP contribution is 2.28. The van der Waals surface area contributed by atoms with E-state index < -0.39 is 0 Å². The molecule has 0 amide bonds. The maximum absolute atomic E-state index is 9.36. The second-order valence-electron chi connectivity index (χ2n) is 5.29. The Morgan fingerprint density at radius 1 is 1.26 bits per heavy atom. The molecule has 0 aliphatic carbocycles. The third-order valence-electron chi connectivity index (χ3n) is 3.33. The van der Waals surface area contributed by atoms with Gasteiger partial charge in [0.15, 0.2) is 0 Å². The molecule has 0 heterocycles. The van der Waals surface area contributed by atoms with E-state index in [4.69, 9.17) is 0 Å². The van der Waals surface area contributed by atoms with Crippen molar-refractivity contribution in [3.63, 3.8) is 0 Å². The Morgan fingerprint density at radius 2 is 1.89 bits per heavy atom. The van der Waals surface area contributed by atoms with E-state index in [-0.39, 0.29) is 0 Å². The summed E-state index contributed by atoms with van der Waals surface area (Å²) in [6.45, 7) is 9.86. The van der Waals surface area contributed by atoms with Crippen molar-refractivity contribution in [2.75, 3.05) is 11.4 Å². The van der Waals surface area contributed by atoms with Gasteiger partial charge in [-0.1, -0.05) is 43.6 Å². The van der Waals surface area contributed by atoms with Crippen molar-refractivity contribution in [2.45, 2.75) is 46.6 Å². The van der Waals surface area contributed by atoms with Crippen molar-refractivity contribution in [2.24, 2.45) is 5.92 Å². The number of halogens is 1. The summed E-state index contributed by atoms with van der Waals surface area (Å²) in [6.07, 6.45) is 2.20. The van der Waals surface area contributed by atoms with Gasteiger partial charge in [0.05, 0.1) is 11.3 Å². The predicted molar refractivity (Wildman–Crippen MR) is 85.4 cm³/mol. The van der Waals surface area contributed by atoms with Crippen LogP contribution in [0, 0.1) is 17.2 Å². The Bertz CT molecular complexity index is 445. The molecule has 1 aromatic carbocycles. The molecule has 19 heavy (non-hydrogen) atoms. The van der Waals surface area contributed by atoms with Gasteiger partial charge in [-0.2, -0.15) is 5.26 Å². The summed E-state index contributed by atoms with van der Waals surface area (Å²) in [5, 5.41) is 9.36. The van der Waals surface area contributed by atoms with E-state index in [2.05, 4.69) is 60.7 Å². The van der Waals surface area contributed by atoms with E-state index in [1.807, 2.05) is 12.1 Å². The lowest BCUT2D eigenvalue weighted by Gasteiger charge is -2.34. The molecule has 0 fully saturated rings. The normalized spacial score (nSPS) is 10.8. The summed E-state index contributed by atoms with van der Waals surface area (Å²) in [6, 6.07) is 8.80. The Kier molecular flexibility index (Phi) is 6.37. The van der Waals surface area contributed by atoms with Gasteiger partial charge in [0.2, 0.25) is 0 Å². The zero-order valence-electron chi connectivity index (χ0n) is 12.3. The molecule has 1 aromatic rings. The smallest absolute Gasteiger partial charge is 0.101 e. The first-order valence-electron chi connectivity index (χ1n) is 6.99. The molecule has 0 saturated heterocycles. The van der Waals surface area contributed by atoms with Gasteiger partial charge in [-0.3, -0.25) is 0 Å². The lowest BCUT2D eigenvalue weighted by Crippen LogP contribution is -2.37. The topological polar surface area (TPSA) is 27.0 Å². The van der Waals surface area contributed by atoms with Crippen molar-refractivity contribution in [1.82, 2.24) is 0 Å². The van der Waals surface area contributed by atoms with Crippen LogP contribution in [0.25, 0.3) is 0 Å². The van der Waals surface area contributed by atoms with E-state index in [0.717, 1.165) is 35.1 Å². The monoisotopic (exact) mass is 322 g/mol. The van der Waals surface area contributed by atoms with Crippen LogP contribution in [0.1, 0.15) is 46.1 Å². The highest BCUT2D eigenvalue weighted by atomic mass is 79.9. The first-order valence-corrected chi connectivity index (χ1v) is 7.79. The quantitative estimate of drug-likeness (QED) is 0.739. The number of hydrogen-bond acceptors (Lipinski definition) is 2. The second kappa shape index (κ2) is 7.55. The Labute approximate surface area is 125 Å². The highest BCUT2D eigenvalue weighted by Gasteiger charge is 2.19. The summed E-state index contributed by atoms with van der Waals surface area (Å²) >= 11 is 3.44. The van der Waals surface area contributed by atoms with Gasteiger partial charge in [0, 0.05) is 17.1 Å². The molecule has 0 saturated carbocycles. The van der Waals surface area contributed by atoms with Gasteiger partial charge in [-0.15, -0.1) is 0 Å². The van der Waals surface area contributed by atoms with Gasteiger partial charge < -0.3 is 4.90 Å². The largest absolute Gasteiger partial charge is 0.367 e. The van der Waals surface area contributed by atoms with Crippen LogP contribution in [0.15, 0.2) is 22.7 Å².